The number of rotatable bonds is 7. The van der Waals surface area contributed by atoms with E-state index >= 15 is 0 Å². The molecule has 9 nitrogen and oxygen atoms in total. The van der Waals surface area contributed by atoms with Crippen molar-refractivity contribution in [2.24, 2.45) is 0 Å². The number of nitrogens with one attached hydrogen (secondary N) is 1. The number of carbonyl (C=O) groups excluding carboxylic acids is 1. The van der Waals surface area contributed by atoms with E-state index in [0.29, 0.717) is 18.2 Å². The Kier molecular flexibility index (Phi) is 6.66. The van der Waals surface area contributed by atoms with Gasteiger partial charge in [0.2, 0.25) is 15.9 Å². The minimum atomic E-state index is -3.51. The van der Waals surface area contributed by atoms with E-state index in [2.05, 4.69) is 27.3 Å². The van der Waals surface area contributed by atoms with Crippen molar-refractivity contribution in [3.8, 4) is 11.5 Å². The summed E-state index contributed by atoms with van der Waals surface area (Å²) in [6.45, 7) is 4.56. The van der Waals surface area contributed by atoms with Gasteiger partial charge in [-0.25, -0.2) is 12.7 Å². The Morgan fingerprint density at radius 1 is 1.24 bits per heavy atom. The molecule has 1 unspecified atom stereocenters. The number of aromatic nitrogens is 2. The zero-order valence-corrected chi connectivity index (χ0v) is 17.8. The lowest BCUT2D eigenvalue weighted by Gasteiger charge is -2.33. The minimum absolute atomic E-state index is 0.114. The van der Waals surface area contributed by atoms with Crippen LogP contribution in [-0.4, -0.2) is 73.5 Å². The van der Waals surface area contributed by atoms with E-state index in [1.54, 1.807) is 12.1 Å². The molecule has 0 saturated carbocycles. The number of piperidine rings is 1. The van der Waals surface area contributed by atoms with E-state index in [-0.39, 0.29) is 16.7 Å². The van der Waals surface area contributed by atoms with Crippen molar-refractivity contribution in [3.63, 3.8) is 0 Å². The summed E-state index contributed by atoms with van der Waals surface area (Å²) in [5, 5.41) is 10.5. The van der Waals surface area contributed by atoms with Crippen molar-refractivity contribution < 1.29 is 17.6 Å². The number of likely N-dealkylation sites (tertiary alicyclic amines) is 1. The molecule has 1 aliphatic rings. The molecule has 2 aromatic rings. The molecule has 2 heterocycles. The van der Waals surface area contributed by atoms with Crippen LogP contribution in [0, 0.1) is 0 Å². The maximum Gasteiger partial charge on any atom is 0.308 e. The van der Waals surface area contributed by atoms with Gasteiger partial charge in [-0.15, -0.1) is 10.2 Å². The van der Waals surface area contributed by atoms with Crippen LogP contribution in [0.5, 0.6) is 0 Å². The van der Waals surface area contributed by atoms with Gasteiger partial charge >= 0.3 is 11.8 Å². The van der Waals surface area contributed by atoms with Crippen molar-refractivity contribution in [1.29, 1.82) is 0 Å². The van der Waals surface area contributed by atoms with E-state index in [0.717, 1.165) is 17.4 Å². The fourth-order valence-electron chi connectivity index (χ4n) is 3.29. The highest BCUT2D eigenvalue weighted by molar-refractivity contribution is 7.89. The average Bonchev–Trinajstić information content (AvgIpc) is 3.20. The summed E-state index contributed by atoms with van der Waals surface area (Å²) < 4.78 is 30.9. The Bertz CT molecular complexity index is 940. The van der Waals surface area contributed by atoms with Gasteiger partial charge < -0.3 is 9.73 Å². The van der Waals surface area contributed by atoms with Crippen molar-refractivity contribution in [2.75, 3.05) is 33.7 Å². The zero-order valence-electron chi connectivity index (χ0n) is 17.0. The Morgan fingerprint density at radius 2 is 1.97 bits per heavy atom. The Balaban J connectivity index is 1.59. The van der Waals surface area contributed by atoms with E-state index in [1.807, 2.05) is 0 Å². The number of sulfonamides is 1. The van der Waals surface area contributed by atoms with Gasteiger partial charge in [-0.1, -0.05) is 6.42 Å². The molecule has 1 aliphatic heterocycles. The summed E-state index contributed by atoms with van der Waals surface area (Å²) in [6, 6.07) is 6.62. The highest BCUT2D eigenvalue weighted by Gasteiger charge is 2.20. The maximum absolute atomic E-state index is 12.3. The smallest absolute Gasteiger partial charge is 0.308 e. The summed E-state index contributed by atoms with van der Waals surface area (Å²) in [7, 11) is -0.569. The molecule has 1 aromatic heterocycles. The number of hydrogen-bond acceptors (Lipinski definition) is 7. The lowest BCUT2D eigenvalue weighted by atomic mass is 10.0. The molecule has 10 heteroatoms. The van der Waals surface area contributed by atoms with E-state index in [1.165, 1.54) is 45.5 Å². The summed E-state index contributed by atoms with van der Waals surface area (Å²) in [5.74, 6) is -0.370. The Labute approximate surface area is 171 Å². The molecule has 0 spiro atoms. The molecule has 1 atom stereocenters. The molecule has 29 heavy (non-hydrogen) atoms. The predicted octanol–water partition coefficient (Wildman–Crippen LogP) is 1.59. The van der Waals surface area contributed by atoms with Gasteiger partial charge in [0.1, 0.15) is 0 Å². The number of hydrogen-bond donors (Lipinski definition) is 1. The van der Waals surface area contributed by atoms with Crippen molar-refractivity contribution >= 4 is 15.9 Å². The maximum atomic E-state index is 12.3. The first-order valence-corrected chi connectivity index (χ1v) is 11.1. The van der Waals surface area contributed by atoms with Gasteiger partial charge in [-0.3, -0.25) is 9.69 Å². The Morgan fingerprint density at radius 3 is 2.62 bits per heavy atom. The molecule has 0 radical (unpaired) electrons. The molecule has 1 amide bonds. The third-order valence-electron chi connectivity index (χ3n) is 5.12. The SMILES string of the molecule is CC1CCCCN1CCNC(=O)c1nnc(-c2ccc(S(=O)(=O)N(C)C)cc2)o1. The second-order valence-electron chi connectivity index (χ2n) is 7.36. The van der Waals surface area contributed by atoms with Gasteiger partial charge in [0.15, 0.2) is 0 Å². The van der Waals surface area contributed by atoms with Crippen molar-refractivity contribution in [3.05, 3.63) is 30.2 Å². The summed E-state index contributed by atoms with van der Waals surface area (Å²) in [6.07, 6.45) is 3.65. The van der Waals surface area contributed by atoms with Crippen LogP contribution >= 0.6 is 0 Å². The molecule has 1 fully saturated rings. The molecule has 0 bridgehead atoms. The molecule has 1 saturated heterocycles. The topological polar surface area (TPSA) is 109 Å². The highest BCUT2D eigenvalue weighted by atomic mass is 32.2. The molecule has 3 rings (SSSR count). The highest BCUT2D eigenvalue weighted by Crippen LogP contribution is 2.21. The van der Waals surface area contributed by atoms with Crippen LogP contribution in [0.4, 0.5) is 0 Å². The van der Waals surface area contributed by atoms with Crippen LogP contribution in [0.3, 0.4) is 0 Å². The van der Waals surface area contributed by atoms with Gasteiger partial charge in [0.25, 0.3) is 0 Å². The zero-order chi connectivity index (χ0) is 21.0. The van der Waals surface area contributed by atoms with Crippen LogP contribution in [0.2, 0.25) is 0 Å². The summed E-state index contributed by atoms with van der Waals surface area (Å²) >= 11 is 0. The van der Waals surface area contributed by atoms with Gasteiger partial charge in [0.05, 0.1) is 4.90 Å². The number of carbonyl (C=O) groups is 1. The summed E-state index contributed by atoms with van der Waals surface area (Å²) in [5.41, 5.74) is 0.538. The predicted molar refractivity (Wildman–Crippen MR) is 108 cm³/mol. The van der Waals surface area contributed by atoms with Gasteiger partial charge in [-0.05, 0) is 50.6 Å². The molecule has 158 valence electrons. The molecule has 0 aliphatic carbocycles. The first-order chi connectivity index (χ1) is 13.8. The fraction of sp³-hybridized carbons (Fsp3) is 0.526. The van der Waals surface area contributed by atoms with Crippen molar-refractivity contribution in [2.45, 2.75) is 37.1 Å². The van der Waals surface area contributed by atoms with Crippen LogP contribution < -0.4 is 5.32 Å². The van der Waals surface area contributed by atoms with E-state index in [9.17, 15) is 13.2 Å². The number of benzene rings is 1. The van der Waals surface area contributed by atoms with E-state index < -0.39 is 15.9 Å². The molecular weight excluding hydrogens is 394 g/mol. The third kappa shape index (κ3) is 5.01. The second kappa shape index (κ2) is 9.02. The third-order valence-corrected chi connectivity index (χ3v) is 6.95. The van der Waals surface area contributed by atoms with Crippen molar-refractivity contribution in [1.82, 2.24) is 24.7 Å². The van der Waals surface area contributed by atoms with Gasteiger partial charge in [0, 0.05) is 38.8 Å². The van der Waals surface area contributed by atoms with Crippen LogP contribution in [0.1, 0.15) is 36.9 Å². The van der Waals surface area contributed by atoms with Crippen LogP contribution in [0.25, 0.3) is 11.5 Å². The lowest BCUT2D eigenvalue weighted by molar-refractivity contribution is 0.0905. The van der Waals surface area contributed by atoms with Crippen LogP contribution in [-0.2, 0) is 10.0 Å². The fourth-order valence-corrected chi connectivity index (χ4v) is 4.19. The lowest BCUT2D eigenvalue weighted by Crippen LogP contribution is -2.42. The minimum Gasteiger partial charge on any atom is -0.412 e. The van der Waals surface area contributed by atoms with E-state index in [4.69, 9.17) is 4.42 Å². The number of nitrogens with zero attached hydrogens (tertiary/aromatic N) is 4. The number of amides is 1. The van der Waals surface area contributed by atoms with Crippen LogP contribution in [0.15, 0.2) is 33.6 Å². The monoisotopic (exact) mass is 421 g/mol. The quantitative estimate of drug-likeness (QED) is 0.723. The second-order valence-corrected chi connectivity index (χ2v) is 9.51. The first kappa shape index (κ1) is 21.4. The standard InChI is InChI=1S/C19H27N5O4S/c1-14-6-4-5-12-24(14)13-11-20-17(25)19-22-21-18(28-19)15-7-9-16(10-8-15)29(26,27)23(2)3/h7-10,14H,4-6,11-13H2,1-3H3,(H,20,25). The molecule has 1 aromatic carbocycles. The van der Waals surface area contributed by atoms with Gasteiger partial charge in [-0.2, -0.15) is 0 Å². The Hall–Kier alpha value is -2.30. The average molecular weight is 422 g/mol. The molecular formula is C19H27N5O4S. The molecule has 1 N–H and O–H groups in total. The summed E-state index contributed by atoms with van der Waals surface area (Å²) in [4.78, 5) is 14.8. The normalized spacial score (nSPS) is 18.1. The largest absolute Gasteiger partial charge is 0.412 e. The first-order valence-electron chi connectivity index (χ1n) is 9.68.